The maximum Gasteiger partial charge on any atom is 0.227 e. The summed E-state index contributed by atoms with van der Waals surface area (Å²) in [5.74, 6) is 1.80. The van der Waals surface area contributed by atoms with E-state index in [1.54, 1.807) is 0 Å². The predicted molar refractivity (Wildman–Crippen MR) is 95.8 cm³/mol. The molecule has 130 valence electrons. The first-order valence-electron chi connectivity index (χ1n) is 8.66. The third-order valence-corrected chi connectivity index (χ3v) is 4.32. The van der Waals surface area contributed by atoms with Gasteiger partial charge in [0.15, 0.2) is 0 Å². The van der Waals surface area contributed by atoms with Crippen LogP contribution in [0, 0.1) is 0 Å². The van der Waals surface area contributed by atoms with Crippen LogP contribution in [-0.2, 0) is 9.47 Å². The van der Waals surface area contributed by atoms with Crippen LogP contribution in [0.2, 0.25) is 0 Å². The van der Waals surface area contributed by atoms with Crippen molar-refractivity contribution in [3.05, 3.63) is 30.3 Å². The number of nitrogens with zero attached hydrogens (tertiary/aromatic N) is 4. The molecule has 0 aromatic heterocycles. The van der Waals surface area contributed by atoms with Crippen LogP contribution in [-0.4, -0.2) is 67.8 Å². The fourth-order valence-corrected chi connectivity index (χ4v) is 2.97. The van der Waals surface area contributed by atoms with Crippen molar-refractivity contribution in [2.75, 3.05) is 40.0 Å². The summed E-state index contributed by atoms with van der Waals surface area (Å²) in [6.07, 6.45) is 2.01. The third kappa shape index (κ3) is 4.13. The minimum Gasteiger partial charge on any atom is -0.378 e. The number of morpholine rings is 1. The van der Waals surface area contributed by atoms with Crippen molar-refractivity contribution in [2.45, 2.75) is 26.0 Å². The van der Waals surface area contributed by atoms with Gasteiger partial charge in [-0.1, -0.05) is 18.2 Å². The smallest absolute Gasteiger partial charge is 0.227 e. The molecule has 3 rings (SSSR count). The second kappa shape index (κ2) is 8.26. The predicted octanol–water partition coefficient (Wildman–Crippen LogP) is 2.49. The zero-order chi connectivity index (χ0) is 16.8. The van der Waals surface area contributed by atoms with Crippen LogP contribution >= 0.6 is 0 Å². The molecular weight excluding hydrogens is 304 g/mol. The molecule has 6 nitrogen and oxygen atoms in total. The first-order valence-corrected chi connectivity index (χ1v) is 8.66. The Labute approximate surface area is 143 Å². The highest BCUT2D eigenvalue weighted by molar-refractivity contribution is 5.97. The molecule has 1 aromatic rings. The molecule has 24 heavy (non-hydrogen) atoms. The summed E-state index contributed by atoms with van der Waals surface area (Å²) in [5, 5.41) is 0. The van der Waals surface area contributed by atoms with Gasteiger partial charge in [-0.3, -0.25) is 0 Å². The molecule has 0 spiro atoms. The van der Waals surface area contributed by atoms with Gasteiger partial charge in [0.25, 0.3) is 0 Å². The zero-order valence-electron chi connectivity index (χ0n) is 14.5. The van der Waals surface area contributed by atoms with Gasteiger partial charge >= 0.3 is 0 Å². The SMILES string of the molecule is CCOC1CC/C(=N/C(=N/c2ccccc2)N2CCOCC2)N1C. The van der Waals surface area contributed by atoms with Crippen LogP contribution in [0.15, 0.2) is 40.3 Å². The third-order valence-electron chi connectivity index (χ3n) is 4.32. The van der Waals surface area contributed by atoms with Gasteiger partial charge in [0, 0.05) is 33.2 Å². The molecule has 2 aliphatic rings. The monoisotopic (exact) mass is 330 g/mol. The molecule has 0 N–H and O–H groups in total. The number of guanidine groups is 1. The average Bonchev–Trinajstić information content (AvgIpc) is 2.97. The topological polar surface area (TPSA) is 49.7 Å². The molecule has 2 saturated heterocycles. The Morgan fingerprint density at radius 3 is 2.71 bits per heavy atom. The number of rotatable bonds is 3. The molecule has 6 heteroatoms. The van der Waals surface area contributed by atoms with Crippen molar-refractivity contribution in [2.24, 2.45) is 9.98 Å². The number of likely N-dealkylation sites (tertiary alicyclic amines) is 1. The van der Waals surface area contributed by atoms with Crippen LogP contribution in [0.3, 0.4) is 0 Å². The lowest BCUT2D eigenvalue weighted by molar-refractivity contribution is 0.000385. The van der Waals surface area contributed by atoms with Crippen molar-refractivity contribution < 1.29 is 9.47 Å². The van der Waals surface area contributed by atoms with E-state index in [2.05, 4.69) is 9.80 Å². The summed E-state index contributed by atoms with van der Waals surface area (Å²) in [7, 11) is 2.05. The van der Waals surface area contributed by atoms with Gasteiger partial charge in [-0.15, -0.1) is 0 Å². The van der Waals surface area contributed by atoms with Crippen LogP contribution in [0.4, 0.5) is 5.69 Å². The van der Waals surface area contributed by atoms with Crippen molar-refractivity contribution in [1.29, 1.82) is 0 Å². The van der Waals surface area contributed by atoms with E-state index in [9.17, 15) is 0 Å². The Kier molecular flexibility index (Phi) is 5.82. The number of benzene rings is 1. The molecule has 2 aliphatic heterocycles. The standard InChI is InChI=1S/C18H26N4O2/c1-3-24-17-10-9-16(21(17)2)20-18(22-11-13-23-14-12-22)19-15-7-5-4-6-8-15/h4-8,17H,3,9-14H2,1-2H3/b19-18-,20-16-. The number of aliphatic imine (C=N–C) groups is 2. The molecule has 0 radical (unpaired) electrons. The lowest BCUT2D eigenvalue weighted by atomic mass is 10.3. The molecule has 2 heterocycles. The average molecular weight is 330 g/mol. The molecule has 1 atom stereocenters. The fraction of sp³-hybridized carbons (Fsp3) is 0.556. The Morgan fingerprint density at radius 2 is 2.00 bits per heavy atom. The Bertz CT molecular complexity index is 582. The summed E-state index contributed by atoms with van der Waals surface area (Å²) >= 11 is 0. The van der Waals surface area contributed by atoms with Crippen LogP contribution < -0.4 is 0 Å². The summed E-state index contributed by atoms with van der Waals surface area (Å²) in [5.41, 5.74) is 0.922. The quantitative estimate of drug-likeness (QED) is 0.631. The Balaban J connectivity index is 1.85. The summed E-state index contributed by atoms with van der Waals surface area (Å²) in [6, 6.07) is 9.99. The van der Waals surface area contributed by atoms with E-state index in [-0.39, 0.29) is 6.23 Å². The Hall–Kier alpha value is -1.92. The van der Waals surface area contributed by atoms with E-state index >= 15 is 0 Å². The normalized spacial score (nSPS) is 24.0. The second-order valence-corrected chi connectivity index (χ2v) is 5.93. The first-order chi connectivity index (χ1) is 11.8. The number of hydrogen-bond acceptors (Lipinski definition) is 3. The number of hydrogen-bond donors (Lipinski definition) is 0. The van der Waals surface area contributed by atoms with Crippen molar-refractivity contribution in [1.82, 2.24) is 9.80 Å². The number of para-hydroxylation sites is 1. The van der Waals surface area contributed by atoms with Crippen molar-refractivity contribution in [3.63, 3.8) is 0 Å². The largest absolute Gasteiger partial charge is 0.378 e. The van der Waals surface area contributed by atoms with Gasteiger partial charge in [-0.25, -0.2) is 4.99 Å². The lowest BCUT2D eigenvalue weighted by Crippen LogP contribution is -2.41. The van der Waals surface area contributed by atoms with Gasteiger partial charge in [0.1, 0.15) is 12.1 Å². The van der Waals surface area contributed by atoms with E-state index in [0.717, 1.165) is 63.2 Å². The number of ether oxygens (including phenoxy) is 2. The van der Waals surface area contributed by atoms with E-state index in [4.69, 9.17) is 19.5 Å². The van der Waals surface area contributed by atoms with Crippen LogP contribution in [0.25, 0.3) is 0 Å². The molecular formula is C18H26N4O2. The summed E-state index contributed by atoms with van der Waals surface area (Å²) < 4.78 is 11.2. The zero-order valence-corrected chi connectivity index (χ0v) is 14.5. The number of amidine groups is 1. The van der Waals surface area contributed by atoms with Crippen molar-refractivity contribution in [3.8, 4) is 0 Å². The highest BCUT2D eigenvalue weighted by Gasteiger charge is 2.27. The van der Waals surface area contributed by atoms with Gasteiger partial charge in [0.2, 0.25) is 5.96 Å². The molecule has 0 saturated carbocycles. The van der Waals surface area contributed by atoms with Gasteiger partial charge < -0.3 is 19.3 Å². The fourth-order valence-electron chi connectivity index (χ4n) is 2.97. The van der Waals surface area contributed by atoms with E-state index < -0.39 is 0 Å². The van der Waals surface area contributed by atoms with Crippen molar-refractivity contribution >= 4 is 17.5 Å². The minimum absolute atomic E-state index is 0.122. The van der Waals surface area contributed by atoms with Gasteiger partial charge in [0.05, 0.1) is 18.9 Å². The molecule has 1 unspecified atom stereocenters. The van der Waals surface area contributed by atoms with E-state index in [0.29, 0.717) is 0 Å². The van der Waals surface area contributed by atoms with Crippen LogP contribution in [0.5, 0.6) is 0 Å². The van der Waals surface area contributed by atoms with E-state index in [1.807, 2.05) is 44.3 Å². The van der Waals surface area contributed by atoms with E-state index in [1.165, 1.54) is 0 Å². The highest BCUT2D eigenvalue weighted by atomic mass is 16.5. The molecule has 0 bridgehead atoms. The minimum atomic E-state index is 0.122. The summed E-state index contributed by atoms with van der Waals surface area (Å²) in [6.45, 7) is 5.82. The van der Waals surface area contributed by atoms with Gasteiger partial charge in [-0.05, 0) is 25.5 Å². The molecule has 0 aliphatic carbocycles. The first kappa shape index (κ1) is 16.9. The maximum atomic E-state index is 5.76. The highest BCUT2D eigenvalue weighted by Crippen LogP contribution is 2.20. The summed E-state index contributed by atoms with van der Waals surface area (Å²) in [4.78, 5) is 14.0. The molecule has 1 aromatic carbocycles. The maximum absolute atomic E-state index is 5.76. The molecule has 0 amide bonds. The van der Waals surface area contributed by atoms with Gasteiger partial charge in [-0.2, -0.15) is 4.99 Å². The van der Waals surface area contributed by atoms with Crippen LogP contribution in [0.1, 0.15) is 19.8 Å². The second-order valence-electron chi connectivity index (χ2n) is 5.93. The Morgan fingerprint density at radius 1 is 1.25 bits per heavy atom. The molecule has 2 fully saturated rings. The lowest BCUT2D eigenvalue weighted by Gasteiger charge is -2.28.